The number of aliphatic hydroxyl groups is 2. The summed E-state index contributed by atoms with van der Waals surface area (Å²) >= 11 is 0. The third kappa shape index (κ3) is 39.7. The minimum atomic E-state index is -0.778. The molecular weight excluding hydrogens is 695 g/mol. The van der Waals surface area contributed by atoms with Crippen LogP contribution in [0, 0.1) is 0 Å². The van der Waals surface area contributed by atoms with Crippen molar-refractivity contribution < 1.29 is 24.5 Å². The van der Waals surface area contributed by atoms with E-state index < -0.39 is 18.2 Å². The molecule has 0 radical (unpaired) electrons. The first-order valence-corrected chi connectivity index (χ1v) is 25.3. The van der Waals surface area contributed by atoms with Crippen molar-refractivity contribution in [2.45, 2.75) is 302 Å². The first kappa shape index (κ1) is 54.9. The van der Waals surface area contributed by atoms with Crippen LogP contribution in [-0.4, -0.2) is 46.9 Å². The molecule has 0 spiro atoms. The minimum Gasteiger partial charge on any atom is -0.462 e. The summed E-state index contributed by atoms with van der Waals surface area (Å²) in [7, 11) is 0. The lowest BCUT2D eigenvalue weighted by atomic mass is 10.0. The van der Waals surface area contributed by atoms with Crippen LogP contribution in [0.15, 0.2) is 0 Å². The second-order valence-electron chi connectivity index (χ2n) is 17.6. The monoisotopic (exact) mass is 794 g/mol. The molecule has 3 N–H and O–H groups in total. The number of unbranched alkanes of at least 4 members (excludes halogenated alkanes) is 34. The summed E-state index contributed by atoms with van der Waals surface area (Å²) in [6, 6.07) is -0.690. The Hall–Kier alpha value is -1.14. The van der Waals surface area contributed by atoms with Gasteiger partial charge in [-0.15, -0.1) is 0 Å². The maximum Gasteiger partial charge on any atom is 0.306 e. The van der Waals surface area contributed by atoms with Gasteiger partial charge in [-0.3, -0.25) is 9.59 Å². The number of hydrogen-bond acceptors (Lipinski definition) is 5. The molecule has 0 aliphatic heterocycles. The molecule has 0 aliphatic carbocycles. The van der Waals surface area contributed by atoms with Crippen molar-refractivity contribution in [2.24, 2.45) is 0 Å². The predicted octanol–water partition coefficient (Wildman–Crippen LogP) is 14.8. The molecule has 0 saturated heterocycles. The van der Waals surface area contributed by atoms with Crippen molar-refractivity contribution in [3.63, 3.8) is 0 Å². The largest absolute Gasteiger partial charge is 0.462 e. The lowest BCUT2D eigenvalue weighted by molar-refractivity contribution is -0.151. The van der Waals surface area contributed by atoms with Crippen molar-refractivity contribution >= 4 is 11.9 Å². The Bertz CT molecular complexity index is 806. The number of hydrogen-bond donors (Lipinski definition) is 3. The van der Waals surface area contributed by atoms with Gasteiger partial charge in [0.05, 0.1) is 25.2 Å². The Morgan fingerprint density at radius 1 is 0.446 bits per heavy atom. The predicted molar refractivity (Wildman–Crippen MR) is 241 cm³/mol. The van der Waals surface area contributed by atoms with Gasteiger partial charge in [0, 0.05) is 6.42 Å². The molecule has 0 heterocycles. The summed E-state index contributed by atoms with van der Waals surface area (Å²) in [5.74, 6) is -0.456. The Balaban J connectivity index is 4.37. The summed E-state index contributed by atoms with van der Waals surface area (Å²) in [4.78, 5) is 26.0. The minimum absolute atomic E-state index is 0.0865. The van der Waals surface area contributed by atoms with Crippen LogP contribution >= 0.6 is 0 Å². The molecule has 0 aromatic carbocycles. The summed E-state index contributed by atoms with van der Waals surface area (Å²) < 4.78 is 5.91. The normalized spacial score (nSPS) is 13.2. The Labute approximate surface area is 349 Å². The fraction of sp³-hybridized carbons (Fsp3) is 0.960. The topological polar surface area (TPSA) is 95.9 Å². The number of rotatable bonds is 46. The van der Waals surface area contributed by atoms with E-state index in [1.54, 1.807) is 0 Å². The van der Waals surface area contributed by atoms with Gasteiger partial charge in [-0.25, -0.2) is 0 Å². The van der Waals surface area contributed by atoms with E-state index in [1.807, 2.05) is 0 Å². The maximum absolute atomic E-state index is 13.1. The molecule has 0 saturated carbocycles. The number of ether oxygens (including phenoxy) is 1. The number of esters is 1. The van der Waals surface area contributed by atoms with E-state index >= 15 is 0 Å². The number of carbonyl (C=O) groups excluding carboxylic acids is 2. The van der Waals surface area contributed by atoms with E-state index in [0.717, 1.165) is 38.5 Å². The highest BCUT2D eigenvalue weighted by atomic mass is 16.5. The van der Waals surface area contributed by atoms with Crippen LogP contribution in [0.4, 0.5) is 0 Å². The summed E-state index contributed by atoms with van der Waals surface area (Å²) in [6.45, 7) is 6.48. The average molecular weight is 794 g/mol. The number of amides is 1. The van der Waals surface area contributed by atoms with E-state index in [4.69, 9.17) is 4.74 Å². The third-order valence-electron chi connectivity index (χ3n) is 11.9. The van der Waals surface area contributed by atoms with Crippen molar-refractivity contribution in [2.75, 3.05) is 6.61 Å². The lowest BCUT2D eigenvalue weighted by Gasteiger charge is -2.24. The Kier molecular flexibility index (Phi) is 44.0. The highest BCUT2D eigenvalue weighted by Crippen LogP contribution is 2.18. The van der Waals surface area contributed by atoms with Crippen molar-refractivity contribution in [1.82, 2.24) is 5.32 Å². The van der Waals surface area contributed by atoms with Crippen molar-refractivity contribution in [1.29, 1.82) is 0 Å². The van der Waals surface area contributed by atoms with E-state index in [0.29, 0.717) is 19.3 Å². The molecule has 3 unspecified atom stereocenters. The molecule has 0 aromatic heterocycles. The van der Waals surface area contributed by atoms with Crippen LogP contribution in [0.1, 0.15) is 284 Å². The average Bonchev–Trinajstić information content (AvgIpc) is 3.19. The van der Waals surface area contributed by atoms with E-state index in [-0.39, 0.29) is 24.9 Å². The van der Waals surface area contributed by atoms with Crippen LogP contribution in [-0.2, 0) is 14.3 Å². The Morgan fingerprint density at radius 3 is 1.09 bits per heavy atom. The molecule has 0 bridgehead atoms. The second-order valence-corrected chi connectivity index (χ2v) is 17.6. The van der Waals surface area contributed by atoms with Crippen LogP contribution in [0.3, 0.4) is 0 Å². The van der Waals surface area contributed by atoms with Crippen molar-refractivity contribution in [3.05, 3.63) is 0 Å². The molecule has 0 rings (SSSR count). The first-order valence-electron chi connectivity index (χ1n) is 25.3. The van der Waals surface area contributed by atoms with Gasteiger partial charge < -0.3 is 20.3 Å². The zero-order chi connectivity index (χ0) is 41.0. The van der Waals surface area contributed by atoms with Crippen LogP contribution in [0.5, 0.6) is 0 Å². The fourth-order valence-corrected chi connectivity index (χ4v) is 8.08. The van der Waals surface area contributed by atoms with Gasteiger partial charge in [0.1, 0.15) is 6.10 Å². The summed E-state index contributed by atoms with van der Waals surface area (Å²) in [6.07, 6.45) is 47.4. The van der Waals surface area contributed by atoms with Gasteiger partial charge in [0.15, 0.2) is 0 Å². The molecule has 334 valence electrons. The van der Waals surface area contributed by atoms with Crippen LogP contribution in [0.2, 0.25) is 0 Å². The van der Waals surface area contributed by atoms with Crippen LogP contribution < -0.4 is 5.32 Å². The SMILES string of the molecule is CCCCCCCCCCCCCCCCCCC(=O)OC(CCCCCCCCCC)CC(=O)NC(CO)C(O)CCCCCCCCCCCCCCC. The molecule has 6 heteroatoms. The molecular formula is C50H99NO5. The standard InChI is InChI=1S/C50H99NO5/c1-4-7-10-13-16-19-21-23-24-25-27-29-31-34-37-40-43-50(55)56-46(41-38-35-32-18-15-12-9-6-3)44-49(54)51-47(45-52)48(53)42-39-36-33-30-28-26-22-20-17-14-11-8-5-2/h46-48,52-53H,4-45H2,1-3H3,(H,51,54). The lowest BCUT2D eigenvalue weighted by Crippen LogP contribution is -2.46. The zero-order valence-electron chi connectivity index (χ0n) is 38.0. The maximum atomic E-state index is 13.1. The molecule has 0 aliphatic rings. The molecule has 6 nitrogen and oxygen atoms in total. The molecule has 1 amide bonds. The van der Waals surface area contributed by atoms with Gasteiger partial charge >= 0.3 is 5.97 Å². The van der Waals surface area contributed by atoms with Gasteiger partial charge in [-0.1, -0.05) is 245 Å². The molecule has 56 heavy (non-hydrogen) atoms. The highest BCUT2D eigenvalue weighted by Gasteiger charge is 2.24. The van der Waals surface area contributed by atoms with Gasteiger partial charge in [-0.2, -0.15) is 0 Å². The summed E-state index contributed by atoms with van der Waals surface area (Å²) in [5, 5.41) is 23.7. The molecule has 3 atom stereocenters. The number of carbonyl (C=O) groups is 2. The van der Waals surface area contributed by atoms with Gasteiger partial charge in [0.2, 0.25) is 5.91 Å². The van der Waals surface area contributed by atoms with Crippen LogP contribution in [0.25, 0.3) is 0 Å². The van der Waals surface area contributed by atoms with E-state index in [1.165, 1.54) is 199 Å². The third-order valence-corrected chi connectivity index (χ3v) is 11.9. The molecule has 0 fully saturated rings. The second kappa shape index (κ2) is 45.0. The molecule has 0 aromatic rings. The van der Waals surface area contributed by atoms with Gasteiger partial charge in [0.25, 0.3) is 0 Å². The van der Waals surface area contributed by atoms with Crippen molar-refractivity contribution in [3.8, 4) is 0 Å². The zero-order valence-corrected chi connectivity index (χ0v) is 38.0. The first-order chi connectivity index (χ1) is 27.5. The quantitative estimate of drug-likeness (QED) is 0.0421. The number of aliphatic hydroxyl groups excluding tert-OH is 2. The summed E-state index contributed by atoms with van der Waals surface area (Å²) in [5.41, 5.74) is 0. The highest BCUT2D eigenvalue weighted by molar-refractivity contribution is 5.77. The van der Waals surface area contributed by atoms with Gasteiger partial charge in [-0.05, 0) is 25.7 Å². The smallest absolute Gasteiger partial charge is 0.306 e. The van der Waals surface area contributed by atoms with E-state index in [9.17, 15) is 19.8 Å². The Morgan fingerprint density at radius 2 is 0.750 bits per heavy atom. The fourth-order valence-electron chi connectivity index (χ4n) is 8.08. The number of nitrogens with one attached hydrogen (secondary N) is 1. The van der Waals surface area contributed by atoms with E-state index in [2.05, 4.69) is 26.1 Å².